The van der Waals surface area contributed by atoms with Crippen LogP contribution in [0.4, 0.5) is 5.82 Å². The Morgan fingerprint density at radius 2 is 2.06 bits per heavy atom. The lowest BCUT2D eigenvalue weighted by Crippen LogP contribution is -2.15. The van der Waals surface area contributed by atoms with E-state index in [-0.39, 0.29) is 11.4 Å². The van der Waals surface area contributed by atoms with E-state index in [2.05, 4.69) is 15.0 Å². The number of anilines is 1. The van der Waals surface area contributed by atoms with Gasteiger partial charge < -0.3 is 11.5 Å². The number of nitrogens with zero attached hydrogens (tertiary/aromatic N) is 3. The van der Waals surface area contributed by atoms with Gasteiger partial charge in [-0.05, 0) is 19.1 Å². The molecule has 2 heterocycles. The minimum atomic E-state index is -0.647. The minimum Gasteiger partial charge on any atom is -0.383 e. The van der Waals surface area contributed by atoms with Crippen LogP contribution in [0.15, 0.2) is 24.4 Å². The molecule has 0 aromatic carbocycles. The van der Waals surface area contributed by atoms with Gasteiger partial charge in [0.2, 0.25) is 0 Å². The van der Waals surface area contributed by atoms with Gasteiger partial charge in [0.25, 0.3) is 5.91 Å². The summed E-state index contributed by atoms with van der Waals surface area (Å²) in [6.45, 7) is 1.87. The van der Waals surface area contributed by atoms with Crippen LogP contribution in [0.1, 0.15) is 16.1 Å². The van der Waals surface area contributed by atoms with E-state index in [9.17, 15) is 4.79 Å². The van der Waals surface area contributed by atoms with Crippen molar-refractivity contribution in [3.63, 3.8) is 0 Å². The molecule has 6 heteroatoms. The van der Waals surface area contributed by atoms with Crippen molar-refractivity contribution in [1.82, 2.24) is 15.0 Å². The van der Waals surface area contributed by atoms with Gasteiger partial charge >= 0.3 is 0 Å². The standard InChI is InChI=1S/C11H11N5O/c1-6-3-2-4-8(15-6)11-14-5-7(10(13)17)9(12)16-11/h2-5H,1H3,(H2,13,17)(H2,12,14,16). The highest BCUT2D eigenvalue weighted by Crippen LogP contribution is 2.15. The van der Waals surface area contributed by atoms with E-state index in [4.69, 9.17) is 11.5 Å². The number of aromatic nitrogens is 3. The molecule has 0 spiro atoms. The van der Waals surface area contributed by atoms with Crippen molar-refractivity contribution in [2.75, 3.05) is 5.73 Å². The van der Waals surface area contributed by atoms with Gasteiger partial charge in [-0.1, -0.05) is 6.07 Å². The second-order valence-electron chi connectivity index (χ2n) is 3.52. The Morgan fingerprint density at radius 1 is 1.29 bits per heavy atom. The van der Waals surface area contributed by atoms with Crippen LogP contribution < -0.4 is 11.5 Å². The van der Waals surface area contributed by atoms with Crippen molar-refractivity contribution in [2.45, 2.75) is 6.92 Å². The number of primary amides is 1. The van der Waals surface area contributed by atoms with E-state index >= 15 is 0 Å². The van der Waals surface area contributed by atoms with Crippen LogP contribution >= 0.6 is 0 Å². The van der Waals surface area contributed by atoms with Gasteiger partial charge in [-0.3, -0.25) is 4.79 Å². The summed E-state index contributed by atoms with van der Waals surface area (Å²) in [4.78, 5) is 23.3. The van der Waals surface area contributed by atoms with Crippen molar-refractivity contribution < 1.29 is 4.79 Å². The van der Waals surface area contributed by atoms with Crippen molar-refractivity contribution >= 4 is 11.7 Å². The third-order valence-corrected chi connectivity index (χ3v) is 2.20. The summed E-state index contributed by atoms with van der Waals surface area (Å²) in [7, 11) is 0. The number of carbonyl (C=O) groups is 1. The van der Waals surface area contributed by atoms with Gasteiger partial charge in [0, 0.05) is 11.9 Å². The van der Waals surface area contributed by atoms with E-state index in [0.29, 0.717) is 11.5 Å². The molecule has 86 valence electrons. The average molecular weight is 229 g/mol. The molecule has 2 aromatic heterocycles. The van der Waals surface area contributed by atoms with Crippen molar-refractivity contribution in [3.8, 4) is 11.5 Å². The maximum absolute atomic E-state index is 11.0. The zero-order valence-corrected chi connectivity index (χ0v) is 9.21. The van der Waals surface area contributed by atoms with Crippen LogP contribution in [0.2, 0.25) is 0 Å². The van der Waals surface area contributed by atoms with E-state index in [1.165, 1.54) is 6.20 Å². The molecule has 0 atom stereocenters. The molecular formula is C11H11N5O. The Balaban J connectivity index is 2.48. The fourth-order valence-electron chi connectivity index (χ4n) is 1.38. The van der Waals surface area contributed by atoms with E-state index in [1.807, 2.05) is 19.1 Å². The number of nitrogen functional groups attached to an aromatic ring is 1. The predicted octanol–water partition coefficient (Wildman–Crippen LogP) is 0.528. The smallest absolute Gasteiger partial charge is 0.254 e. The molecule has 0 radical (unpaired) electrons. The Labute approximate surface area is 97.7 Å². The van der Waals surface area contributed by atoms with E-state index in [1.54, 1.807) is 6.07 Å². The molecular weight excluding hydrogens is 218 g/mol. The van der Waals surface area contributed by atoms with Gasteiger partial charge in [-0.15, -0.1) is 0 Å². The Morgan fingerprint density at radius 3 is 2.65 bits per heavy atom. The maximum atomic E-state index is 11.0. The van der Waals surface area contributed by atoms with Crippen LogP contribution in [0.25, 0.3) is 11.5 Å². The largest absolute Gasteiger partial charge is 0.383 e. The molecule has 0 saturated heterocycles. The topological polar surface area (TPSA) is 108 Å². The third kappa shape index (κ3) is 2.20. The number of nitrogens with two attached hydrogens (primary N) is 2. The average Bonchev–Trinajstić information content (AvgIpc) is 2.28. The molecule has 0 fully saturated rings. The van der Waals surface area contributed by atoms with E-state index < -0.39 is 5.91 Å². The second kappa shape index (κ2) is 4.17. The molecule has 0 saturated carbocycles. The maximum Gasteiger partial charge on any atom is 0.254 e. The van der Waals surface area contributed by atoms with Crippen LogP contribution in [0.5, 0.6) is 0 Å². The lowest BCUT2D eigenvalue weighted by atomic mass is 10.2. The number of aryl methyl sites for hydroxylation is 1. The normalized spacial score (nSPS) is 10.2. The summed E-state index contributed by atoms with van der Waals surface area (Å²) in [5.74, 6) is -0.215. The summed E-state index contributed by atoms with van der Waals surface area (Å²) < 4.78 is 0. The highest BCUT2D eigenvalue weighted by atomic mass is 16.1. The van der Waals surface area contributed by atoms with Crippen molar-refractivity contribution in [3.05, 3.63) is 35.7 Å². The van der Waals surface area contributed by atoms with Gasteiger partial charge in [0.1, 0.15) is 11.5 Å². The molecule has 2 aromatic rings. The number of carbonyl (C=O) groups excluding carboxylic acids is 1. The molecule has 0 bridgehead atoms. The zero-order valence-electron chi connectivity index (χ0n) is 9.21. The lowest BCUT2D eigenvalue weighted by molar-refractivity contribution is 0.100. The van der Waals surface area contributed by atoms with Crippen LogP contribution in [0, 0.1) is 6.92 Å². The Kier molecular flexibility index (Phi) is 2.70. The number of amides is 1. The van der Waals surface area contributed by atoms with Gasteiger partial charge in [0.05, 0.1) is 5.56 Å². The number of hydrogen-bond acceptors (Lipinski definition) is 5. The molecule has 4 N–H and O–H groups in total. The quantitative estimate of drug-likeness (QED) is 0.780. The fourth-order valence-corrected chi connectivity index (χ4v) is 1.38. The molecule has 17 heavy (non-hydrogen) atoms. The monoisotopic (exact) mass is 229 g/mol. The SMILES string of the molecule is Cc1cccc(-c2ncc(C(N)=O)c(N)n2)n1. The fraction of sp³-hybridized carbons (Fsp3) is 0.0909. The Hall–Kier alpha value is -2.50. The lowest BCUT2D eigenvalue weighted by Gasteiger charge is -2.03. The molecule has 0 aliphatic rings. The minimum absolute atomic E-state index is 0.0609. The van der Waals surface area contributed by atoms with Crippen LogP contribution in [0.3, 0.4) is 0 Å². The second-order valence-corrected chi connectivity index (χ2v) is 3.52. The molecule has 0 aliphatic heterocycles. The summed E-state index contributed by atoms with van der Waals surface area (Å²) in [5.41, 5.74) is 12.3. The Bertz CT molecular complexity index is 582. The van der Waals surface area contributed by atoms with E-state index in [0.717, 1.165) is 5.69 Å². The number of hydrogen-bond donors (Lipinski definition) is 2. The van der Waals surface area contributed by atoms with Crippen molar-refractivity contribution in [2.24, 2.45) is 5.73 Å². The first-order valence-electron chi connectivity index (χ1n) is 4.94. The van der Waals surface area contributed by atoms with Crippen LogP contribution in [-0.2, 0) is 0 Å². The van der Waals surface area contributed by atoms with Gasteiger partial charge in [-0.2, -0.15) is 0 Å². The molecule has 0 aliphatic carbocycles. The predicted molar refractivity (Wildman–Crippen MR) is 62.9 cm³/mol. The van der Waals surface area contributed by atoms with Crippen molar-refractivity contribution in [1.29, 1.82) is 0 Å². The number of rotatable bonds is 2. The zero-order chi connectivity index (χ0) is 12.4. The summed E-state index contributed by atoms with van der Waals surface area (Å²) >= 11 is 0. The summed E-state index contributed by atoms with van der Waals surface area (Å²) in [6, 6.07) is 5.48. The highest BCUT2D eigenvalue weighted by Gasteiger charge is 2.10. The molecule has 6 nitrogen and oxygen atoms in total. The first-order valence-corrected chi connectivity index (χ1v) is 4.94. The van der Waals surface area contributed by atoms with Gasteiger partial charge in [0.15, 0.2) is 5.82 Å². The molecule has 0 unspecified atom stereocenters. The summed E-state index contributed by atoms with van der Waals surface area (Å²) in [6.07, 6.45) is 1.31. The third-order valence-electron chi connectivity index (χ3n) is 2.20. The number of pyridine rings is 1. The van der Waals surface area contributed by atoms with Crippen LogP contribution in [-0.4, -0.2) is 20.9 Å². The molecule has 2 rings (SSSR count). The highest BCUT2D eigenvalue weighted by molar-refractivity contribution is 5.96. The summed E-state index contributed by atoms with van der Waals surface area (Å²) in [5, 5.41) is 0. The molecule has 1 amide bonds. The first kappa shape index (κ1) is 11.0. The van der Waals surface area contributed by atoms with Gasteiger partial charge in [-0.25, -0.2) is 15.0 Å². The first-order chi connectivity index (χ1) is 8.08.